The Bertz CT molecular complexity index is 551. The summed E-state index contributed by atoms with van der Waals surface area (Å²) >= 11 is 0. The normalized spacial score (nSPS) is 11.2. The number of carbonyl (C=O) groups excluding carboxylic acids is 1. The van der Waals surface area contributed by atoms with Gasteiger partial charge in [0.15, 0.2) is 0 Å². The molecule has 0 radical (unpaired) electrons. The van der Waals surface area contributed by atoms with E-state index in [-0.39, 0.29) is 19.2 Å². The number of hydrogen-bond donors (Lipinski definition) is 0. The summed E-state index contributed by atoms with van der Waals surface area (Å²) in [4.78, 5) is 11.4. The van der Waals surface area contributed by atoms with Crippen molar-refractivity contribution in [3.8, 4) is 5.75 Å². The SMILES string of the molecule is CCOC(=O)c1ccc(OCCOCCOS(C)(=O)=O)cc1. The Balaban J connectivity index is 2.19. The predicted octanol–water partition coefficient (Wildman–Crippen LogP) is 1.23. The Morgan fingerprint density at radius 3 is 2.27 bits per heavy atom. The fraction of sp³-hybridized carbons (Fsp3) is 0.500. The molecule has 0 aliphatic carbocycles. The Kier molecular flexibility index (Phi) is 7.86. The van der Waals surface area contributed by atoms with Crippen molar-refractivity contribution in [2.75, 3.05) is 39.3 Å². The molecule has 0 amide bonds. The van der Waals surface area contributed by atoms with Crippen molar-refractivity contribution in [3.63, 3.8) is 0 Å². The monoisotopic (exact) mass is 332 g/mol. The highest BCUT2D eigenvalue weighted by atomic mass is 32.2. The van der Waals surface area contributed by atoms with Crippen molar-refractivity contribution in [3.05, 3.63) is 29.8 Å². The van der Waals surface area contributed by atoms with Gasteiger partial charge in [-0.15, -0.1) is 0 Å². The molecule has 8 heteroatoms. The second-order valence-electron chi connectivity index (χ2n) is 4.23. The third-order valence-corrected chi connectivity index (χ3v) is 2.98. The second kappa shape index (κ2) is 9.39. The molecule has 0 aliphatic rings. The van der Waals surface area contributed by atoms with Gasteiger partial charge in [-0.2, -0.15) is 8.42 Å². The smallest absolute Gasteiger partial charge is 0.338 e. The van der Waals surface area contributed by atoms with Gasteiger partial charge >= 0.3 is 5.97 Å². The summed E-state index contributed by atoms with van der Waals surface area (Å²) in [7, 11) is -3.42. The minimum Gasteiger partial charge on any atom is -0.491 e. The maximum Gasteiger partial charge on any atom is 0.338 e. The van der Waals surface area contributed by atoms with Crippen LogP contribution in [0, 0.1) is 0 Å². The van der Waals surface area contributed by atoms with E-state index in [9.17, 15) is 13.2 Å². The highest BCUT2D eigenvalue weighted by Crippen LogP contribution is 2.12. The van der Waals surface area contributed by atoms with E-state index in [0.29, 0.717) is 31.1 Å². The zero-order valence-electron chi connectivity index (χ0n) is 12.6. The fourth-order valence-corrected chi connectivity index (χ4v) is 1.84. The van der Waals surface area contributed by atoms with Crippen LogP contribution in [0.3, 0.4) is 0 Å². The van der Waals surface area contributed by atoms with Crippen LogP contribution in [0.2, 0.25) is 0 Å². The lowest BCUT2D eigenvalue weighted by molar-refractivity contribution is 0.0526. The van der Waals surface area contributed by atoms with Gasteiger partial charge in [0.1, 0.15) is 12.4 Å². The Morgan fingerprint density at radius 1 is 1.05 bits per heavy atom. The first-order chi connectivity index (χ1) is 10.4. The molecule has 0 unspecified atom stereocenters. The number of ether oxygens (including phenoxy) is 3. The van der Waals surface area contributed by atoms with Crippen LogP contribution in [0.5, 0.6) is 5.75 Å². The van der Waals surface area contributed by atoms with E-state index in [4.69, 9.17) is 14.2 Å². The molecular formula is C14H20O7S. The summed E-state index contributed by atoms with van der Waals surface area (Å²) in [6.45, 7) is 2.82. The van der Waals surface area contributed by atoms with Crippen LogP contribution >= 0.6 is 0 Å². The second-order valence-corrected chi connectivity index (χ2v) is 5.88. The highest BCUT2D eigenvalue weighted by Gasteiger charge is 2.05. The van der Waals surface area contributed by atoms with E-state index in [1.54, 1.807) is 31.2 Å². The topological polar surface area (TPSA) is 88.1 Å². The fourth-order valence-electron chi connectivity index (χ4n) is 1.47. The number of rotatable bonds is 10. The molecule has 0 saturated carbocycles. The summed E-state index contributed by atoms with van der Waals surface area (Å²) in [5.41, 5.74) is 0.461. The van der Waals surface area contributed by atoms with Crippen LogP contribution in [0.15, 0.2) is 24.3 Å². The number of hydrogen-bond acceptors (Lipinski definition) is 7. The van der Waals surface area contributed by atoms with E-state index < -0.39 is 10.1 Å². The van der Waals surface area contributed by atoms with Gasteiger partial charge < -0.3 is 14.2 Å². The molecule has 124 valence electrons. The molecule has 0 atom stereocenters. The zero-order chi connectivity index (χ0) is 16.4. The van der Waals surface area contributed by atoms with Crippen LogP contribution in [0.1, 0.15) is 17.3 Å². The van der Waals surface area contributed by atoms with E-state index in [0.717, 1.165) is 6.26 Å². The van der Waals surface area contributed by atoms with E-state index in [1.807, 2.05) is 0 Å². The summed E-state index contributed by atoms with van der Waals surface area (Å²) in [5.74, 6) is 0.229. The van der Waals surface area contributed by atoms with Gasteiger partial charge in [0.05, 0.1) is 38.2 Å². The van der Waals surface area contributed by atoms with Crippen LogP contribution in [0.25, 0.3) is 0 Å². The molecule has 0 aliphatic heterocycles. The predicted molar refractivity (Wildman–Crippen MR) is 79.5 cm³/mol. The van der Waals surface area contributed by atoms with E-state index >= 15 is 0 Å². The molecule has 0 N–H and O–H groups in total. The van der Waals surface area contributed by atoms with Gasteiger partial charge in [0, 0.05) is 0 Å². The lowest BCUT2D eigenvalue weighted by atomic mass is 10.2. The molecule has 0 heterocycles. The first-order valence-corrected chi connectivity index (χ1v) is 8.56. The first kappa shape index (κ1) is 18.4. The zero-order valence-corrected chi connectivity index (χ0v) is 13.4. The number of esters is 1. The van der Waals surface area contributed by atoms with Crippen LogP contribution in [-0.2, 0) is 23.8 Å². The average molecular weight is 332 g/mol. The molecule has 1 aromatic rings. The van der Waals surface area contributed by atoms with Crippen LogP contribution in [-0.4, -0.2) is 53.7 Å². The average Bonchev–Trinajstić information content (AvgIpc) is 2.46. The summed E-state index contributed by atoms with van der Waals surface area (Å²) in [5, 5.41) is 0. The van der Waals surface area contributed by atoms with Crippen molar-refractivity contribution in [1.82, 2.24) is 0 Å². The summed E-state index contributed by atoms with van der Waals surface area (Å²) in [6, 6.07) is 6.57. The third-order valence-electron chi connectivity index (χ3n) is 2.39. The van der Waals surface area contributed by atoms with Crippen molar-refractivity contribution in [1.29, 1.82) is 0 Å². The first-order valence-electron chi connectivity index (χ1n) is 6.74. The summed E-state index contributed by atoms with van der Waals surface area (Å²) < 4.78 is 41.3. The maximum absolute atomic E-state index is 11.4. The molecule has 7 nitrogen and oxygen atoms in total. The standard InChI is InChI=1S/C14H20O7S/c1-3-19-14(15)12-4-6-13(7-5-12)20-10-8-18-9-11-21-22(2,16)17/h4-7H,3,8-11H2,1-2H3. The van der Waals surface area contributed by atoms with Crippen molar-refractivity contribution in [2.24, 2.45) is 0 Å². The lowest BCUT2D eigenvalue weighted by Gasteiger charge is -2.08. The minimum atomic E-state index is -3.42. The van der Waals surface area contributed by atoms with Crippen LogP contribution < -0.4 is 4.74 Å². The molecule has 1 rings (SSSR count). The van der Waals surface area contributed by atoms with Crippen molar-refractivity contribution >= 4 is 16.1 Å². The van der Waals surface area contributed by atoms with Crippen molar-refractivity contribution in [2.45, 2.75) is 6.92 Å². The molecule has 22 heavy (non-hydrogen) atoms. The number of benzene rings is 1. The minimum absolute atomic E-state index is 0.0208. The third kappa shape index (κ3) is 7.96. The Hall–Kier alpha value is -1.64. The maximum atomic E-state index is 11.4. The summed E-state index contributed by atoms with van der Waals surface area (Å²) in [6.07, 6.45) is 0.982. The molecular weight excluding hydrogens is 312 g/mol. The van der Waals surface area contributed by atoms with Gasteiger partial charge in [-0.25, -0.2) is 4.79 Å². The molecule has 0 spiro atoms. The lowest BCUT2D eigenvalue weighted by Crippen LogP contribution is -2.13. The Labute approximate surface area is 130 Å². The number of carbonyl (C=O) groups is 1. The molecule has 0 fully saturated rings. The van der Waals surface area contributed by atoms with Crippen LogP contribution in [0.4, 0.5) is 0 Å². The van der Waals surface area contributed by atoms with Gasteiger partial charge in [0.25, 0.3) is 10.1 Å². The van der Waals surface area contributed by atoms with Crippen molar-refractivity contribution < 1.29 is 31.6 Å². The molecule has 0 saturated heterocycles. The van der Waals surface area contributed by atoms with Gasteiger partial charge in [-0.05, 0) is 31.2 Å². The molecule has 0 aromatic heterocycles. The Morgan fingerprint density at radius 2 is 1.68 bits per heavy atom. The van der Waals surface area contributed by atoms with Gasteiger partial charge in [0.2, 0.25) is 0 Å². The largest absolute Gasteiger partial charge is 0.491 e. The molecule has 1 aromatic carbocycles. The molecule has 0 bridgehead atoms. The van der Waals surface area contributed by atoms with Gasteiger partial charge in [-0.3, -0.25) is 4.18 Å². The highest BCUT2D eigenvalue weighted by molar-refractivity contribution is 7.85. The van der Waals surface area contributed by atoms with E-state index in [2.05, 4.69) is 4.18 Å². The quantitative estimate of drug-likeness (QED) is 0.362. The van der Waals surface area contributed by atoms with E-state index in [1.165, 1.54) is 0 Å². The van der Waals surface area contributed by atoms with Gasteiger partial charge in [-0.1, -0.05) is 0 Å².